The van der Waals surface area contributed by atoms with Crippen molar-refractivity contribution >= 4 is 35.1 Å². The van der Waals surface area contributed by atoms with Crippen LogP contribution in [-0.4, -0.2) is 30.5 Å². The van der Waals surface area contributed by atoms with Gasteiger partial charge in [-0.3, -0.25) is 9.59 Å². The van der Waals surface area contributed by atoms with E-state index in [2.05, 4.69) is 5.32 Å². The first kappa shape index (κ1) is 19.7. The standard InChI is InChI=1S/C20H21NO4S/c1-12-6-5-7-16(13(12)2)20(24)25-11-18(23)15-8-9-19(26-4)17(10-15)21-14(3)22/h5-10H,11H2,1-4H3,(H,21,22). The lowest BCUT2D eigenvalue weighted by molar-refractivity contribution is -0.114. The summed E-state index contributed by atoms with van der Waals surface area (Å²) in [5, 5.41) is 2.70. The fraction of sp³-hybridized carbons (Fsp3) is 0.250. The van der Waals surface area contributed by atoms with Gasteiger partial charge in [-0.25, -0.2) is 4.79 Å². The van der Waals surface area contributed by atoms with Gasteiger partial charge in [0.25, 0.3) is 0 Å². The van der Waals surface area contributed by atoms with E-state index < -0.39 is 5.97 Å². The molecule has 0 saturated heterocycles. The number of carbonyl (C=O) groups excluding carboxylic acids is 3. The molecule has 0 fully saturated rings. The van der Waals surface area contributed by atoms with Crippen LogP contribution in [0.1, 0.15) is 38.8 Å². The van der Waals surface area contributed by atoms with Crippen LogP contribution in [-0.2, 0) is 9.53 Å². The Morgan fingerprint density at radius 1 is 1.12 bits per heavy atom. The van der Waals surface area contributed by atoms with E-state index in [-0.39, 0.29) is 18.3 Å². The fourth-order valence-electron chi connectivity index (χ4n) is 2.43. The van der Waals surface area contributed by atoms with E-state index in [0.717, 1.165) is 16.0 Å². The maximum Gasteiger partial charge on any atom is 0.338 e. The largest absolute Gasteiger partial charge is 0.454 e. The van der Waals surface area contributed by atoms with Crippen molar-refractivity contribution in [2.45, 2.75) is 25.7 Å². The number of Topliss-reactive ketones (excluding diaryl/α,β-unsaturated/α-hetero) is 1. The van der Waals surface area contributed by atoms with E-state index in [4.69, 9.17) is 4.74 Å². The van der Waals surface area contributed by atoms with Crippen LogP contribution in [0.2, 0.25) is 0 Å². The highest BCUT2D eigenvalue weighted by atomic mass is 32.2. The van der Waals surface area contributed by atoms with E-state index in [0.29, 0.717) is 16.8 Å². The molecule has 0 aliphatic rings. The third-order valence-electron chi connectivity index (χ3n) is 3.99. The Balaban J connectivity index is 2.11. The van der Waals surface area contributed by atoms with Crippen LogP contribution in [0.15, 0.2) is 41.3 Å². The molecule has 0 heterocycles. The lowest BCUT2D eigenvalue weighted by Gasteiger charge is -2.11. The normalized spacial score (nSPS) is 10.3. The van der Waals surface area contributed by atoms with Crippen molar-refractivity contribution in [2.75, 3.05) is 18.2 Å². The number of aryl methyl sites for hydroxylation is 1. The maximum atomic E-state index is 12.4. The second-order valence-corrected chi connectivity index (χ2v) is 6.69. The van der Waals surface area contributed by atoms with Gasteiger partial charge >= 0.3 is 5.97 Å². The summed E-state index contributed by atoms with van der Waals surface area (Å²) < 4.78 is 5.18. The number of thioether (sulfide) groups is 1. The summed E-state index contributed by atoms with van der Waals surface area (Å²) in [6.07, 6.45) is 1.88. The highest BCUT2D eigenvalue weighted by molar-refractivity contribution is 7.98. The van der Waals surface area contributed by atoms with Gasteiger partial charge in [0.1, 0.15) is 0 Å². The molecule has 0 spiro atoms. The maximum absolute atomic E-state index is 12.4. The number of ether oxygens (including phenoxy) is 1. The Bertz CT molecular complexity index is 861. The number of amides is 1. The highest BCUT2D eigenvalue weighted by Gasteiger charge is 2.16. The number of hydrogen-bond acceptors (Lipinski definition) is 5. The number of esters is 1. The van der Waals surface area contributed by atoms with Gasteiger partial charge in [-0.1, -0.05) is 18.2 Å². The first-order chi connectivity index (χ1) is 12.3. The Kier molecular flexibility index (Phi) is 6.58. The van der Waals surface area contributed by atoms with Gasteiger partial charge < -0.3 is 10.1 Å². The molecule has 0 unspecified atom stereocenters. The Morgan fingerprint density at radius 2 is 1.85 bits per heavy atom. The summed E-state index contributed by atoms with van der Waals surface area (Å²) in [6, 6.07) is 10.4. The molecule has 0 aliphatic heterocycles. The van der Waals surface area contributed by atoms with Gasteiger partial charge in [0.05, 0.1) is 11.3 Å². The zero-order valence-electron chi connectivity index (χ0n) is 15.2. The van der Waals surface area contributed by atoms with Gasteiger partial charge in [-0.2, -0.15) is 0 Å². The molecule has 136 valence electrons. The van der Waals surface area contributed by atoms with Crippen molar-refractivity contribution in [3.63, 3.8) is 0 Å². The predicted molar refractivity (Wildman–Crippen MR) is 103 cm³/mol. The molecular formula is C20H21NO4S. The molecule has 6 heteroatoms. The van der Waals surface area contributed by atoms with Crippen molar-refractivity contribution in [2.24, 2.45) is 0 Å². The number of benzene rings is 2. The lowest BCUT2D eigenvalue weighted by Crippen LogP contribution is -2.16. The van der Waals surface area contributed by atoms with Crippen LogP contribution in [0.5, 0.6) is 0 Å². The minimum absolute atomic E-state index is 0.216. The number of carbonyl (C=O) groups is 3. The molecule has 0 atom stereocenters. The minimum atomic E-state index is -0.526. The molecule has 1 amide bonds. The van der Waals surface area contributed by atoms with Crippen LogP contribution in [0.25, 0.3) is 0 Å². The van der Waals surface area contributed by atoms with Gasteiger partial charge in [0.2, 0.25) is 5.91 Å². The second kappa shape index (κ2) is 8.67. The fourth-order valence-corrected chi connectivity index (χ4v) is 2.97. The van der Waals surface area contributed by atoms with E-state index in [1.54, 1.807) is 30.3 Å². The third kappa shape index (κ3) is 4.73. The van der Waals surface area contributed by atoms with Crippen LogP contribution >= 0.6 is 11.8 Å². The number of hydrogen-bond donors (Lipinski definition) is 1. The summed E-state index contributed by atoms with van der Waals surface area (Å²) in [6.45, 7) is 4.80. The zero-order chi connectivity index (χ0) is 19.3. The average Bonchev–Trinajstić information content (AvgIpc) is 2.61. The van der Waals surface area contributed by atoms with Gasteiger partial charge in [-0.05, 0) is 49.4 Å². The monoisotopic (exact) mass is 371 g/mol. The van der Waals surface area contributed by atoms with E-state index in [1.807, 2.05) is 26.2 Å². The molecule has 0 aliphatic carbocycles. The first-order valence-electron chi connectivity index (χ1n) is 8.05. The molecule has 5 nitrogen and oxygen atoms in total. The highest BCUT2D eigenvalue weighted by Crippen LogP contribution is 2.26. The number of nitrogens with one attached hydrogen (secondary N) is 1. The van der Waals surface area contributed by atoms with Crippen molar-refractivity contribution in [1.82, 2.24) is 0 Å². The Hall–Kier alpha value is -2.60. The summed E-state index contributed by atoms with van der Waals surface area (Å²) in [4.78, 5) is 36.8. The smallest absolute Gasteiger partial charge is 0.338 e. The van der Waals surface area contributed by atoms with Crippen LogP contribution in [0.3, 0.4) is 0 Å². The quantitative estimate of drug-likeness (QED) is 0.472. The Labute approximate surface area is 157 Å². The lowest BCUT2D eigenvalue weighted by atomic mass is 10.0. The van der Waals surface area contributed by atoms with Gasteiger partial charge in [0, 0.05) is 17.4 Å². The van der Waals surface area contributed by atoms with Crippen LogP contribution in [0, 0.1) is 13.8 Å². The minimum Gasteiger partial charge on any atom is -0.454 e. The molecular weight excluding hydrogens is 350 g/mol. The van der Waals surface area contributed by atoms with E-state index >= 15 is 0 Å². The molecule has 2 rings (SSSR count). The molecule has 1 N–H and O–H groups in total. The zero-order valence-corrected chi connectivity index (χ0v) is 16.0. The molecule has 0 saturated carbocycles. The van der Waals surface area contributed by atoms with Crippen molar-refractivity contribution in [3.8, 4) is 0 Å². The molecule has 0 aromatic heterocycles. The summed E-state index contributed by atoms with van der Waals surface area (Å²) in [5.74, 6) is -1.07. The number of ketones is 1. The third-order valence-corrected chi connectivity index (χ3v) is 4.79. The van der Waals surface area contributed by atoms with Crippen molar-refractivity contribution < 1.29 is 19.1 Å². The molecule has 0 radical (unpaired) electrons. The molecule has 0 bridgehead atoms. The Morgan fingerprint density at radius 3 is 2.50 bits per heavy atom. The van der Waals surface area contributed by atoms with Gasteiger partial charge in [0.15, 0.2) is 12.4 Å². The topological polar surface area (TPSA) is 72.5 Å². The number of anilines is 1. The number of rotatable bonds is 6. The van der Waals surface area contributed by atoms with E-state index in [1.165, 1.54) is 18.7 Å². The van der Waals surface area contributed by atoms with Crippen molar-refractivity contribution in [3.05, 3.63) is 58.7 Å². The molecule has 2 aromatic carbocycles. The van der Waals surface area contributed by atoms with Crippen LogP contribution in [0.4, 0.5) is 5.69 Å². The predicted octanol–water partition coefficient (Wildman–Crippen LogP) is 4.02. The summed E-state index contributed by atoms with van der Waals surface area (Å²) in [5.41, 5.74) is 3.21. The van der Waals surface area contributed by atoms with E-state index in [9.17, 15) is 14.4 Å². The SMILES string of the molecule is CSc1ccc(C(=O)COC(=O)c2cccc(C)c2C)cc1NC(C)=O. The second-order valence-electron chi connectivity index (χ2n) is 5.84. The van der Waals surface area contributed by atoms with Crippen molar-refractivity contribution in [1.29, 1.82) is 0 Å². The molecule has 26 heavy (non-hydrogen) atoms. The van der Waals surface area contributed by atoms with Crippen LogP contribution < -0.4 is 5.32 Å². The van der Waals surface area contributed by atoms with Gasteiger partial charge in [-0.15, -0.1) is 11.8 Å². The summed E-state index contributed by atoms with van der Waals surface area (Å²) in [7, 11) is 0. The molecule has 2 aromatic rings. The summed E-state index contributed by atoms with van der Waals surface area (Å²) >= 11 is 1.46. The first-order valence-corrected chi connectivity index (χ1v) is 9.28. The average molecular weight is 371 g/mol.